The summed E-state index contributed by atoms with van der Waals surface area (Å²) < 4.78 is 0. The van der Waals surface area contributed by atoms with Crippen LogP contribution in [-0.4, -0.2) is 6.29 Å². The van der Waals surface area contributed by atoms with Crippen LogP contribution in [0.1, 0.15) is 67.4 Å². The first-order valence-corrected chi connectivity index (χ1v) is 8.40. The summed E-state index contributed by atoms with van der Waals surface area (Å²) in [4.78, 5) is 11.2. The van der Waals surface area contributed by atoms with Gasteiger partial charge in [0.1, 0.15) is 6.29 Å². The number of hydrogen-bond acceptors (Lipinski definition) is 1. The molecular formula is C21H24O. The molecule has 0 bridgehead atoms. The monoisotopic (exact) mass is 292 g/mol. The van der Waals surface area contributed by atoms with Gasteiger partial charge < -0.3 is 0 Å². The van der Waals surface area contributed by atoms with Gasteiger partial charge in [-0.15, -0.1) is 0 Å². The molecule has 0 N–H and O–H groups in total. The summed E-state index contributed by atoms with van der Waals surface area (Å²) in [6.45, 7) is 4.59. The second kappa shape index (κ2) is 6.08. The van der Waals surface area contributed by atoms with Crippen molar-refractivity contribution in [3.05, 3.63) is 59.2 Å². The Morgan fingerprint density at radius 1 is 0.955 bits per heavy atom. The van der Waals surface area contributed by atoms with Gasteiger partial charge in [0, 0.05) is 11.0 Å². The maximum Gasteiger partial charge on any atom is 0.150 e. The Hall–Kier alpha value is -1.89. The molecule has 2 aromatic rings. The maximum absolute atomic E-state index is 11.2. The highest BCUT2D eigenvalue weighted by Crippen LogP contribution is 2.51. The van der Waals surface area contributed by atoms with Crippen LogP contribution < -0.4 is 0 Å². The van der Waals surface area contributed by atoms with Crippen LogP contribution in [0.25, 0.3) is 11.1 Å². The topological polar surface area (TPSA) is 17.1 Å². The molecule has 114 valence electrons. The van der Waals surface area contributed by atoms with Crippen molar-refractivity contribution in [1.29, 1.82) is 0 Å². The van der Waals surface area contributed by atoms with Crippen LogP contribution in [0.2, 0.25) is 0 Å². The fraction of sp³-hybridized carbons (Fsp3) is 0.381. The number of rotatable bonds is 6. The molecule has 1 aliphatic carbocycles. The molecule has 1 nitrogen and oxygen atoms in total. The Kier molecular flexibility index (Phi) is 4.15. The molecule has 0 heterocycles. The van der Waals surface area contributed by atoms with Gasteiger partial charge >= 0.3 is 0 Å². The van der Waals surface area contributed by atoms with E-state index in [9.17, 15) is 4.79 Å². The zero-order chi connectivity index (χ0) is 15.6. The van der Waals surface area contributed by atoms with Crippen molar-refractivity contribution < 1.29 is 4.79 Å². The lowest BCUT2D eigenvalue weighted by Gasteiger charge is -2.27. The molecule has 2 aromatic carbocycles. The average Bonchev–Trinajstić information content (AvgIpc) is 2.81. The molecule has 1 unspecified atom stereocenters. The fourth-order valence-electron chi connectivity index (χ4n) is 3.85. The second-order valence-corrected chi connectivity index (χ2v) is 6.61. The van der Waals surface area contributed by atoms with Crippen LogP contribution in [0.4, 0.5) is 0 Å². The number of carbonyl (C=O) groups excluding carboxylic acids is 1. The second-order valence-electron chi connectivity index (χ2n) is 6.61. The van der Waals surface area contributed by atoms with Gasteiger partial charge in [-0.05, 0) is 34.7 Å². The molecule has 3 rings (SSSR count). The molecule has 1 heteroatoms. The first kappa shape index (κ1) is 15.0. The zero-order valence-corrected chi connectivity index (χ0v) is 13.6. The average molecular weight is 292 g/mol. The lowest BCUT2D eigenvalue weighted by Crippen LogP contribution is -2.20. The summed E-state index contributed by atoms with van der Waals surface area (Å²) in [5.41, 5.74) is 6.22. The summed E-state index contributed by atoms with van der Waals surface area (Å²) >= 11 is 0. The third-order valence-corrected chi connectivity index (χ3v) is 5.12. The van der Waals surface area contributed by atoms with Crippen molar-refractivity contribution in [3.63, 3.8) is 0 Å². The number of fused-ring (bicyclic) bond motifs is 3. The van der Waals surface area contributed by atoms with E-state index >= 15 is 0 Å². The number of unbranched alkanes of at least 4 members (excludes halogenated alkanes) is 3. The van der Waals surface area contributed by atoms with E-state index in [1.165, 1.54) is 47.9 Å². The number of aldehydes is 1. The van der Waals surface area contributed by atoms with Crippen LogP contribution in [-0.2, 0) is 5.41 Å². The van der Waals surface area contributed by atoms with Gasteiger partial charge in [0.15, 0.2) is 0 Å². The fourth-order valence-corrected chi connectivity index (χ4v) is 3.85. The van der Waals surface area contributed by atoms with Crippen molar-refractivity contribution in [1.82, 2.24) is 0 Å². The van der Waals surface area contributed by atoms with Crippen molar-refractivity contribution in [2.75, 3.05) is 0 Å². The van der Waals surface area contributed by atoms with Crippen LogP contribution in [0.3, 0.4) is 0 Å². The molecule has 0 amide bonds. The minimum atomic E-state index is 0.0404. The van der Waals surface area contributed by atoms with E-state index in [-0.39, 0.29) is 5.41 Å². The van der Waals surface area contributed by atoms with E-state index in [2.05, 4.69) is 50.2 Å². The predicted octanol–water partition coefficient (Wildman–Crippen LogP) is 5.76. The van der Waals surface area contributed by atoms with Crippen molar-refractivity contribution in [2.45, 2.75) is 51.4 Å². The van der Waals surface area contributed by atoms with Gasteiger partial charge in [-0.25, -0.2) is 0 Å². The maximum atomic E-state index is 11.2. The molecule has 22 heavy (non-hydrogen) atoms. The van der Waals surface area contributed by atoms with Crippen LogP contribution in [0.5, 0.6) is 0 Å². The quantitative estimate of drug-likeness (QED) is 0.489. The summed E-state index contributed by atoms with van der Waals surface area (Å²) in [6.07, 6.45) is 7.21. The van der Waals surface area contributed by atoms with Crippen molar-refractivity contribution >= 4 is 6.29 Å². The van der Waals surface area contributed by atoms with Crippen molar-refractivity contribution in [3.8, 4) is 11.1 Å². The molecule has 1 aliphatic rings. The Bertz CT molecular complexity index is 686. The first-order valence-electron chi connectivity index (χ1n) is 8.40. The largest absolute Gasteiger partial charge is 0.298 e. The smallest absolute Gasteiger partial charge is 0.150 e. The lowest BCUT2D eigenvalue weighted by atomic mass is 9.75. The van der Waals surface area contributed by atoms with Gasteiger partial charge in [0.25, 0.3) is 0 Å². The van der Waals surface area contributed by atoms with Gasteiger partial charge in [-0.1, -0.05) is 75.9 Å². The summed E-state index contributed by atoms with van der Waals surface area (Å²) in [5, 5.41) is 0. The molecule has 0 saturated carbocycles. The van der Waals surface area contributed by atoms with Gasteiger partial charge in [0.2, 0.25) is 0 Å². The molecule has 0 aromatic heterocycles. The third kappa shape index (κ3) is 2.39. The summed E-state index contributed by atoms with van der Waals surface area (Å²) in [5.74, 6) is 0. The van der Waals surface area contributed by atoms with Crippen molar-refractivity contribution in [2.24, 2.45) is 0 Å². The van der Waals surface area contributed by atoms with E-state index in [0.29, 0.717) is 0 Å². The molecule has 0 saturated heterocycles. The molecule has 0 radical (unpaired) electrons. The summed E-state index contributed by atoms with van der Waals surface area (Å²) in [7, 11) is 0. The highest BCUT2D eigenvalue weighted by atomic mass is 16.1. The Morgan fingerprint density at radius 3 is 2.50 bits per heavy atom. The van der Waals surface area contributed by atoms with Crippen LogP contribution >= 0.6 is 0 Å². The minimum absolute atomic E-state index is 0.0404. The Balaban J connectivity index is 2.03. The predicted molar refractivity (Wildman–Crippen MR) is 92.5 cm³/mol. The molecular weight excluding hydrogens is 268 g/mol. The summed E-state index contributed by atoms with van der Waals surface area (Å²) in [6, 6.07) is 14.9. The molecule has 0 fully saturated rings. The van der Waals surface area contributed by atoms with Crippen LogP contribution in [0.15, 0.2) is 42.5 Å². The standard InChI is InChI=1S/C21H24O/c1-3-4-5-8-13-21(2)19-10-7-6-9-17(19)18-12-11-16(15-22)14-20(18)21/h6-7,9-12,14-15H,3-5,8,13H2,1-2H3. The van der Waals surface area contributed by atoms with E-state index in [0.717, 1.165) is 18.3 Å². The highest BCUT2D eigenvalue weighted by Gasteiger charge is 2.38. The normalized spacial score (nSPS) is 18.8. The lowest BCUT2D eigenvalue weighted by molar-refractivity contribution is 0.112. The van der Waals surface area contributed by atoms with Gasteiger partial charge in [0.05, 0.1) is 0 Å². The Labute approximate surface area is 133 Å². The molecule has 0 aliphatic heterocycles. The van der Waals surface area contributed by atoms with Gasteiger partial charge in [-0.3, -0.25) is 4.79 Å². The number of benzene rings is 2. The van der Waals surface area contributed by atoms with Crippen LogP contribution in [0, 0.1) is 0 Å². The van der Waals surface area contributed by atoms with Gasteiger partial charge in [-0.2, -0.15) is 0 Å². The number of carbonyl (C=O) groups is 1. The number of hydrogen-bond donors (Lipinski definition) is 0. The minimum Gasteiger partial charge on any atom is -0.298 e. The van der Waals surface area contributed by atoms with E-state index in [4.69, 9.17) is 0 Å². The molecule has 0 spiro atoms. The highest BCUT2D eigenvalue weighted by molar-refractivity contribution is 5.85. The SMILES string of the molecule is CCCCCCC1(C)c2ccccc2-c2ccc(C=O)cc21. The third-order valence-electron chi connectivity index (χ3n) is 5.12. The van der Waals surface area contributed by atoms with E-state index < -0.39 is 0 Å². The Morgan fingerprint density at radius 2 is 1.73 bits per heavy atom. The van der Waals surface area contributed by atoms with E-state index in [1.807, 2.05) is 6.07 Å². The first-order chi connectivity index (χ1) is 10.7. The van der Waals surface area contributed by atoms with E-state index in [1.54, 1.807) is 0 Å². The zero-order valence-electron chi connectivity index (χ0n) is 13.6. The molecule has 1 atom stereocenters.